The van der Waals surface area contributed by atoms with Gasteiger partial charge in [-0.2, -0.15) is 5.10 Å². The number of amides is 1. The van der Waals surface area contributed by atoms with Gasteiger partial charge < -0.3 is 19.5 Å². The molecule has 0 saturated carbocycles. The third kappa shape index (κ3) is 5.15. The maximum atomic E-state index is 14.4. The molecule has 216 valence electrons. The third-order valence-electron chi connectivity index (χ3n) is 7.16. The number of carboxylic acid groups (broad SMARTS) is 1. The first-order valence-corrected chi connectivity index (χ1v) is 13.6. The number of thiophene rings is 1. The Morgan fingerprint density at radius 3 is 2.71 bits per heavy atom. The normalized spacial score (nSPS) is 16.0. The van der Waals surface area contributed by atoms with Gasteiger partial charge in [-0.05, 0) is 37.6 Å². The van der Waals surface area contributed by atoms with Crippen LogP contribution in [0.4, 0.5) is 4.39 Å². The lowest BCUT2D eigenvalue weighted by atomic mass is 10.1. The van der Waals surface area contributed by atoms with Crippen molar-refractivity contribution in [3.63, 3.8) is 0 Å². The molecule has 0 aliphatic carbocycles. The van der Waals surface area contributed by atoms with Crippen molar-refractivity contribution in [2.75, 3.05) is 27.3 Å². The van der Waals surface area contributed by atoms with E-state index >= 15 is 0 Å². The lowest BCUT2D eigenvalue weighted by Crippen LogP contribution is -2.44. The summed E-state index contributed by atoms with van der Waals surface area (Å²) in [6.07, 6.45) is 2.21. The number of likely N-dealkylation sites (tertiary alicyclic amines) is 1. The van der Waals surface area contributed by atoms with E-state index in [4.69, 9.17) is 9.47 Å². The number of halogens is 1. The highest BCUT2D eigenvalue weighted by molar-refractivity contribution is 7.21. The lowest BCUT2D eigenvalue weighted by molar-refractivity contribution is -0.138. The molecule has 0 unspecified atom stereocenters. The monoisotopic (exact) mass is 585 g/mol. The molecule has 1 aliphatic heterocycles. The van der Waals surface area contributed by atoms with Gasteiger partial charge >= 0.3 is 11.7 Å². The summed E-state index contributed by atoms with van der Waals surface area (Å²) in [6, 6.07) is 4.56. The zero-order valence-corrected chi connectivity index (χ0v) is 23.4. The number of hydrogen-bond donors (Lipinski definition) is 1. The second kappa shape index (κ2) is 11.3. The molecule has 1 saturated heterocycles. The summed E-state index contributed by atoms with van der Waals surface area (Å²) in [5.74, 6) is -1.75. The second-order valence-electron chi connectivity index (χ2n) is 9.69. The number of benzene rings is 1. The van der Waals surface area contributed by atoms with Crippen molar-refractivity contribution >= 4 is 33.4 Å². The maximum absolute atomic E-state index is 14.4. The van der Waals surface area contributed by atoms with E-state index < -0.39 is 35.2 Å². The van der Waals surface area contributed by atoms with Crippen molar-refractivity contribution in [2.24, 2.45) is 0 Å². The van der Waals surface area contributed by atoms with E-state index in [1.807, 2.05) is 0 Å². The van der Waals surface area contributed by atoms with Crippen molar-refractivity contribution in [3.05, 3.63) is 74.4 Å². The molecular weight excluding hydrogens is 557 g/mol. The number of likely N-dealkylation sites (N-methyl/N-ethyl adjacent to an activating group) is 1. The first-order chi connectivity index (χ1) is 19.6. The Morgan fingerprint density at radius 2 is 2.07 bits per heavy atom. The third-order valence-corrected chi connectivity index (χ3v) is 8.47. The molecule has 1 amide bonds. The number of rotatable bonds is 10. The van der Waals surface area contributed by atoms with E-state index in [0.717, 1.165) is 4.57 Å². The molecule has 3 aromatic heterocycles. The molecule has 1 aliphatic rings. The van der Waals surface area contributed by atoms with Crippen LogP contribution >= 0.6 is 11.3 Å². The van der Waals surface area contributed by atoms with Gasteiger partial charge in [-0.25, -0.2) is 18.4 Å². The van der Waals surface area contributed by atoms with Crippen LogP contribution in [0, 0.1) is 12.7 Å². The van der Waals surface area contributed by atoms with Gasteiger partial charge in [0.15, 0.2) is 0 Å². The van der Waals surface area contributed by atoms with Crippen molar-refractivity contribution in [3.8, 4) is 10.8 Å². The molecule has 12 nitrogen and oxygen atoms in total. The zero-order valence-electron chi connectivity index (χ0n) is 22.6. The van der Waals surface area contributed by atoms with Gasteiger partial charge in [0.1, 0.15) is 33.5 Å². The fourth-order valence-corrected chi connectivity index (χ4v) is 6.34. The predicted octanol–water partition coefficient (Wildman–Crippen LogP) is 2.50. The molecule has 5 rings (SSSR count). The first-order valence-electron chi connectivity index (χ1n) is 12.8. The fourth-order valence-electron chi connectivity index (χ4n) is 5.09. The minimum absolute atomic E-state index is 0.218. The number of carbonyl (C=O) groups excluding carboxylic acids is 1. The Morgan fingerprint density at radius 1 is 1.29 bits per heavy atom. The van der Waals surface area contributed by atoms with Crippen LogP contribution in [0.2, 0.25) is 0 Å². The zero-order chi connectivity index (χ0) is 29.4. The van der Waals surface area contributed by atoms with Gasteiger partial charge in [-0.15, -0.1) is 0 Å². The van der Waals surface area contributed by atoms with Crippen molar-refractivity contribution in [2.45, 2.75) is 38.5 Å². The average molecular weight is 586 g/mol. The van der Waals surface area contributed by atoms with Crippen LogP contribution in [0.5, 0.6) is 5.75 Å². The number of aliphatic carboxylic acids is 1. The molecular formula is C27H28FN5O7S. The van der Waals surface area contributed by atoms with Crippen LogP contribution in [0.15, 0.2) is 46.2 Å². The van der Waals surface area contributed by atoms with Crippen LogP contribution < -0.4 is 16.0 Å². The van der Waals surface area contributed by atoms with Crippen LogP contribution in [0.1, 0.15) is 36.1 Å². The second-order valence-corrected chi connectivity index (χ2v) is 10.7. The Hall–Kier alpha value is -4.30. The van der Waals surface area contributed by atoms with Crippen LogP contribution in [-0.2, 0) is 20.9 Å². The number of nitrogens with zero attached hydrogens (tertiary/aromatic N) is 5. The molecule has 41 heavy (non-hydrogen) atoms. The highest BCUT2D eigenvalue weighted by Gasteiger charge is 2.35. The number of methoxy groups -OCH3 is 1. The molecule has 4 heterocycles. The lowest BCUT2D eigenvalue weighted by Gasteiger charge is -2.23. The minimum Gasteiger partial charge on any atom is -0.496 e. The molecule has 1 N–H and O–H groups in total. The standard InChI is InChI=1S/C27H28FN5O7S/c1-15-22-24(37)33(18-7-11-30(2)23(18)36)27(38)31(26(22)41-25(15)32-10-4-9-29-32)14-20(40-12-8-21(34)35)17-13-16(28)5-6-19(17)39-3/h4-6,9-10,13,18,20H,7-8,11-12,14H2,1-3H3,(H,34,35)/t18-,20-/m0/s1. The van der Waals surface area contributed by atoms with E-state index in [9.17, 15) is 28.7 Å². The van der Waals surface area contributed by atoms with Gasteiger partial charge in [0.25, 0.3) is 5.56 Å². The quantitative estimate of drug-likeness (QED) is 0.300. The number of aryl methyl sites for hydroxylation is 1. The molecule has 0 spiro atoms. The average Bonchev–Trinajstić information content (AvgIpc) is 3.66. The summed E-state index contributed by atoms with van der Waals surface area (Å²) in [7, 11) is 3.01. The van der Waals surface area contributed by atoms with Crippen LogP contribution in [-0.4, -0.2) is 68.1 Å². The Bertz CT molecular complexity index is 1740. The molecule has 1 fully saturated rings. The van der Waals surface area contributed by atoms with E-state index in [1.54, 1.807) is 37.1 Å². The van der Waals surface area contributed by atoms with E-state index in [2.05, 4.69) is 5.10 Å². The molecule has 0 radical (unpaired) electrons. The van der Waals surface area contributed by atoms with Crippen LogP contribution in [0.25, 0.3) is 15.2 Å². The fraction of sp³-hybridized carbons (Fsp3) is 0.370. The summed E-state index contributed by atoms with van der Waals surface area (Å²) in [5, 5.41) is 14.3. The predicted molar refractivity (Wildman–Crippen MR) is 147 cm³/mol. The number of fused-ring (bicyclic) bond motifs is 1. The molecule has 14 heteroatoms. The summed E-state index contributed by atoms with van der Waals surface area (Å²) in [6.45, 7) is 1.68. The first kappa shape index (κ1) is 28.2. The van der Waals surface area contributed by atoms with Gasteiger partial charge in [-0.3, -0.25) is 19.0 Å². The summed E-state index contributed by atoms with van der Waals surface area (Å²) in [4.78, 5) is 54.0. The van der Waals surface area contributed by atoms with Gasteiger partial charge in [0, 0.05) is 37.1 Å². The smallest absolute Gasteiger partial charge is 0.332 e. The molecule has 1 aromatic carbocycles. The van der Waals surface area contributed by atoms with Gasteiger partial charge in [0.2, 0.25) is 5.91 Å². The summed E-state index contributed by atoms with van der Waals surface area (Å²) < 4.78 is 29.7. The summed E-state index contributed by atoms with van der Waals surface area (Å²) in [5.41, 5.74) is -0.486. The topological polar surface area (TPSA) is 138 Å². The van der Waals surface area contributed by atoms with E-state index in [-0.39, 0.29) is 48.6 Å². The van der Waals surface area contributed by atoms with Crippen molar-refractivity contribution in [1.82, 2.24) is 23.8 Å². The largest absolute Gasteiger partial charge is 0.496 e. The summed E-state index contributed by atoms with van der Waals surface area (Å²) >= 11 is 1.17. The molecule has 0 bridgehead atoms. The van der Waals surface area contributed by atoms with Gasteiger partial charge in [0.05, 0.1) is 32.1 Å². The number of carbonyl (C=O) groups is 2. The Labute approximate surface area is 236 Å². The van der Waals surface area contributed by atoms with Crippen molar-refractivity contribution < 1.29 is 28.6 Å². The number of hydrogen-bond acceptors (Lipinski definition) is 8. The van der Waals surface area contributed by atoms with E-state index in [1.165, 1.54) is 46.1 Å². The molecule has 2 atom stereocenters. The SMILES string of the molecule is COc1ccc(F)cc1[C@H](Cn1c(=O)n([C@H]2CCN(C)C2=O)c(=O)c2c(C)c(-n3cccn3)sc21)OCCC(=O)O. The van der Waals surface area contributed by atoms with Crippen molar-refractivity contribution in [1.29, 1.82) is 0 Å². The Kier molecular flexibility index (Phi) is 7.78. The highest BCUT2D eigenvalue weighted by Crippen LogP contribution is 2.34. The Balaban J connectivity index is 1.74. The van der Waals surface area contributed by atoms with Gasteiger partial charge in [-0.1, -0.05) is 11.3 Å². The number of carboxylic acids is 1. The number of ether oxygens (including phenoxy) is 2. The van der Waals surface area contributed by atoms with Crippen LogP contribution in [0.3, 0.4) is 0 Å². The molecule has 4 aromatic rings. The van der Waals surface area contributed by atoms with E-state index in [0.29, 0.717) is 21.9 Å². The minimum atomic E-state index is -1.09. The maximum Gasteiger partial charge on any atom is 0.332 e. The number of aromatic nitrogens is 4. The highest BCUT2D eigenvalue weighted by atomic mass is 32.1.